The molecular weight excluding hydrogens is 418 g/mol. The van der Waals surface area contributed by atoms with E-state index in [0.717, 1.165) is 60.6 Å². The monoisotopic (exact) mass is 451 g/mol. The standard InChI is InChI=1S/C29H33N5/c1-20-6-4-9-29(22(20)3)34-14-12-33(13-15-34)19-24-8-5-7-23(17-24)10-11-27-25-18-26(30)21(2)16-28(25)32-31-27/h4-11,16-18H,12-15,19,30H2,1-3H3,(H,31,32). The van der Waals surface area contributed by atoms with E-state index in [1.165, 1.54) is 27.9 Å². The van der Waals surface area contributed by atoms with Gasteiger partial charge in [-0.1, -0.05) is 42.5 Å². The number of nitrogen functional groups attached to an aromatic ring is 1. The number of fused-ring (bicyclic) bond motifs is 1. The van der Waals surface area contributed by atoms with Gasteiger partial charge in [-0.2, -0.15) is 5.10 Å². The summed E-state index contributed by atoms with van der Waals surface area (Å²) in [5.74, 6) is 0. The molecule has 5 nitrogen and oxygen atoms in total. The number of piperazine rings is 1. The van der Waals surface area contributed by atoms with Gasteiger partial charge in [0, 0.05) is 49.5 Å². The minimum absolute atomic E-state index is 0.795. The fourth-order valence-corrected chi connectivity index (χ4v) is 4.79. The zero-order valence-electron chi connectivity index (χ0n) is 20.3. The SMILES string of the molecule is Cc1cc2[nH]nc(C=Cc3cccc(CN4CCN(c5cccc(C)c5C)CC4)c3)c2cc1N. The van der Waals surface area contributed by atoms with Gasteiger partial charge in [-0.25, -0.2) is 0 Å². The second kappa shape index (κ2) is 9.35. The molecule has 4 aromatic rings. The Hall–Kier alpha value is -3.57. The molecule has 0 amide bonds. The van der Waals surface area contributed by atoms with Crippen LogP contribution in [-0.2, 0) is 6.54 Å². The molecule has 1 aliphatic heterocycles. The number of H-pyrrole nitrogens is 1. The van der Waals surface area contributed by atoms with E-state index in [1.807, 2.05) is 13.0 Å². The molecule has 1 fully saturated rings. The summed E-state index contributed by atoms with van der Waals surface area (Å²) in [6.45, 7) is 11.7. The molecule has 1 aromatic heterocycles. The molecule has 0 unspecified atom stereocenters. The maximum Gasteiger partial charge on any atom is 0.0928 e. The number of nitrogens with two attached hydrogens (primary N) is 1. The highest BCUT2D eigenvalue weighted by atomic mass is 15.3. The lowest BCUT2D eigenvalue weighted by Crippen LogP contribution is -2.46. The lowest BCUT2D eigenvalue weighted by atomic mass is 10.1. The number of nitrogens with one attached hydrogen (secondary N) is 1. The average molecular weight is 452 g/mol. The van der Waals surface area contributed by atoms with Crippen molar-refractivity contribution in [2.75, 3.05) is 36.8 Å². The summed E-state index contributed by atoms with van der Waals surface area (Å²) in [6.07, 6.45) is 4.20. The first-order valence-corrected chi connectivity index (χ1v) is 12.0. The summed E-state index contributed by atoms with van der Waals surface area (Å²) in [5, 5.41) is 8.64. The van der Waals surface area contributed by atoms with E-state index in [2.05, 4.69) is 94.5 Å². The van der Waals surface area contributed by atoms with Crippen molar-refractivity contribution in [3.05, 3.63) is 88.1 Å². The zero-order chi connectivity index (χ0) is 23.7. The molecule has 2 heterocycles. The second-order valence-electron chi connectivity index (χ2n) is 9.42. The molecule has 0 spiro atoms. The van der Waals surface area contributed by atoms with Crippen LogP contribution >= 0.6 is 0 Å². The van der Waals surface area contributed by atoms with E-state index >= 15 is 0 Å². The highest BCUT2D eigenvalue weighted by Crippen LogP contribution is 2.25. The largest absolute Gasteiger partial charge is 0.398 e. The summed E-state index contributed by atoms with van der Waals surface area (Å²) in [4.78, 5) is 5.08. The van der Waals surface area contributed by atoms with Gasteiger partial charge in [0.15, 0.2) is 0 Å². The van der Waals surface area contributed by atoms with E-state index in [0.29, 0.717) is 0 Å². The summed E-state index contributed by atoms with van der Waals surface area (Å²) in [5.41, 5.74) is 16.6. The number of hydrogen-bond acceptors (Lipinski definition) is 4. The first-order valence-electron chi connectivity index (χ1n) is 12.0. The number of aromatic nitrogens is 2. The van der Waals surface area contributed by atoms with Gasteiger partial charge in [-0.15, -0.1) is 0 Å². The molecule has 0 saturated carbocycles. The highest BCUT2D eigenvalue weighted by Gasteiger charge is 2.19. The number of hydrogen-bond donors (Lipinski definition) is 2. The van der Waals surface area contributed by atoms with Crippen LogP contribution in [0.3, 0.4) is 0 Å². The molecule has 3 aromatic carbocycles. The van der Waals surface area contributed by atoms with Gasteiger partial charge in [0.2, 0.25) is 0 Å². The first kappa shape index (κ1) is 22.2. The first-order chi connectivity index (χ1) is 16.5. The van der Waals surface area contributed by atoms with Crippen LogP contribution in [0.2, 0.25) is 0 Å². The van der Waals surface area contributed by atoms with Crippen LogP contribution in [0.1, 0.15) is 33.5 Å². The third kappa shape index (κ3) is 4.57. The molecule has 174 valence electrons. The molecule has 1 saturated heterocycles. The molecule has 1 aliphatic rings. The van der Waals surface area contributed by atoms with Gasteiger partial charge in [0.25, 0.3) is 0 Å². The molecule has 3 N–H and O–H groups in total. The van der Waals surface area contributed by atoms with Crippen molar-refractivity contribution in [3.63, 3.8) is 0 Å². The summed E-state index contributed by atoms with van der Waals surface area (Å²) in [6, 6.07) is 19.5. The summed E-state index contributed by atoms with van der Waals surface area (Å²) >= 11 is 0. The number of benzene rings is 3. The number of nitrogens with zero attached hydrogens (tertiary/aromatic N) is 3. The molecule has 5 heteroatoms. The van der Waals surface area contributed by atoms with Gasteiger partial charge in [-0.3, -0.25) is 10.00 Å². The number of rotatable bonds is 5. The van der Waals surface area contributed by atoms with Crippen molar-refractivity contribution in [1.29, 1.82) is 0 Å². The third-order valence-corrected chi connectivity index (χ3v) is 7.06. The lowest BCUT2D eigenvalue weighted by molar-refractivity contribution is 0.250. The molecule has 34 heavy (non-hydrogen) atoms. The van der Waals surface area contributed by atoms with Crippen LogP contribution in [0.4, 0.5) is 11.4 Å². The Balaban J connectivity index is 1.24. The average Bonchev–Trinajstić information content (AvgIpc) is 3.22. The Kier molecular flexibility index (Phi) is 6.12. The minimum Gasteiger partial charge on any atom is -0.398 e. The molecule has 0 atom stereocenters. The van der Waals surface area contributed by atoms with E-state index in [-0.39, 0.29) is 0 Å². The van der Waals surface area contributed by atoms with Gasteiger partial charge in [-0.05, 0) is 72.9 Å². The Bertz CT molecular complexity index is 1340. The number of anilines is 2. The van der Waals surface area contributed by atoms with E-state index in [1.54, 1.807) is 0 Å². The number of aromatic amines is 1. The van der Waals surface area contributed by atoms with Crippen LogP contribution < -0.4 is 10.6 Å². The minimum atomic E-state index is 0.795. The fraction of sp³-hybridized carbons (Fsp3) is 0.276. The van der Waals surface area contributed by atoms with E-state index in [9.17, 15) is 0 Å². The van der Waals surface area contributed by atoms with Crippen LogP contribution in [0.15, 0.2) is 54.6 Å². The zero-order valence-corrected chi connectivity index (χ0v) is 20.3. The van der Waals surface area contributed by atoms with Crippen molar-refractivity contribution in [3.8, 4) is 0 Å². The van der Waals surface area contributed by atoms with E-state index < -0.39 is 0 Å². The van der Waals surface area contributed by atoms with Crippen molar-refractivity contribution >= 4 is 34.4 Å². The van der Waals surface area contributed by atoms with Crippen molar-refractivity contribution in [2.24, 2.45) is 0 Å². The normalized spacial score (nSPS) is 15.0. The van der Waals surface area contributed by atoms with Gasteiger partial charge < -0.3 is 10.6 Å². The van der Waals surface area contributed by atoms with Crippen molar-refractivity contribution < 1.29 is 0 Å². The maximum absolute atomic E-state index is 6.11. The molecule has 0 aliphatic carbocycles. The van der Waals surface area contributed by atoms with Crippen molar-refractivity contribution in [2.45, 2.75) is 27.3 Å². The predicted octanol–water partition coefficient (Wildman–Crippen LogP) is 5.56. The van der Waals surface area contributed by atoms with Crippen LogP contribution in [0, 0.1) is 20.8 Å². The van der Waals surface area contributed by atoms with E-state index in [4.69, 9.17) is 5.73 Å². The van der Waals surface area contributed by atoms with Gasteiger partial charge in [0.1, 0.15) is 0 Å². The van der Waals surface area contributed by atoms with Crippen LogP contribution in [0.5, 0.6) is 0 Å². The topological polar surface area (TPSA) is 61.2 Å². The lowest BCUT2D eigenvalue weighted by Gasteiger charge is -2.37. The highest BCUT2D eigenvalue weighted by molar-refractivity contribution is 5.92. The Morgan fingerprint density at radius 3 is 2.53 bits per heavy atom. The quantitative estimate of drug-likeness (QED) is 0.390. The summed E-state index contributed by atoms with van der Waals surface area (Å²) in [7, 11) is 0. The second-order valence-corrected chi connectivity index (χ2v) is 9.42. The third-order valence-electron chi connectivity index (χ3n) is 7.06. The Morgan fingerprint density at radius 2 is 1.71 bits per heavy atom. The molecule has 5 rings (SSSR count). The van der Waals surface area contributed by atoms with Gasteiger partial charge in [0.05, 0.1) is 11.2 Å². The van der Waals surface area contributed by atoms with Crippen molar-refractivity contribution in [1.82, 2.24) is 15.1 Å². The Morgan fingerprint density at radius 1 is 0.912 bits per heavy atom. The number of aryl methyl sites for hydroxylation is 2. The fourth-order valence-electron chi connectivity index (χ4n) is 4.79. The maximum atomic E-state index is 6.11. The predicted molar refractivity (Wildman–Crippen MR) is 144 cm³/mol. The summed E-state index contributed by atoms with van der Waals surface area (Å²) < 4.78 is 0. The van der Waals surface area contributed by atoms with Crippen LogP contribution in [-0.4, -0.2) is 41.3 Å². The smallest absolute Gasteiger partial charge is 0.0928 e. The van der Waals surface area contributed by atoms with Crippen LogP contribution in [0.25, 0.3) is 23.1 Å². The Labute approximate surface area is 201 Å². The molecule has 0 radical (unpaired) electrons. The molecular formula is C29H33N5. The van der Waals surface area contributed by atoms with Gasteiger partial charge >= 0.3 is 0 Å². The molecule has 0 bridgehead atoms.